The third kappa shape index (κ3) is 2.07. The summed E-state index contributed by atoms with van der Waals surface area (Å²) in [5, 5.41) is 10.0. The SMILES string of the molecule is Oc1ccccc1N=C1c2ccccc2N=C2C=CC=CC21. The zero-order chi connectivity index (χ0) is 14.9. The molecule has 2 aromatic carbocycles. The maximum atomic E-state index is 10.0. The molecular weight excluding hydrogens is 272 g/mol. The van der Waals surface area contributed by atoms with E-state index in [2.05, 4.69) is 6.08 Å². The minimum absolute atomic E-state index is 0.0273. The van der Waals surface area contributed by atoms with Crippen molar-refractivity contribution in [3.8, 4) is 5.75 Å². The van der Waals surface area contributed by atoms with Gasteiger partial charge in [-0.15, -0.1) is 0 Å². The molecule has 22 heavy (non-hydrogen) atoms. The number of allylic oxidation sites excluding steroid dienone is 4. The number of benzene rings is 2. The molecule has 1 heterocycles. The lowest BCUT2D eigenvalue weighted by molar-refractivity contribution is 0.477. The smallest absolute Gasteiger partial charge is 0.141 e. The van der Waals surface area contributed by atoms with Gasteiger partial charge in [-0.05, 0) is 24.3 Å². The first-order valence-electron chi connectivity index (χ1n) is 7.22. The molecule has 0 bridgehead atoms. The van der Waals surface area contributed by atoms with Crippen LogP contribution in [0.5, 0.6) is 5.75 Å². The van der Waals surface area contributed by atoms with Gasteiger partial charge >= 0.3 is 0 Å². The Balaban J connectivity index is 1.94. The minimum Gasteiger partial charge on any atom is -0.506 e. The van der Waals surface area contributed by atoms with Crippen molar-refractivity contribution in [3.05, 3.63) is 78.4 Å². The molecule has 4 rings (SSSR count). The molecule has 0 aromatic heterocycles. The Labute approximate surface area is 128 Å². The first-order chi connectivity index (χ1) is 10.8. The molecule has 2 aliphatic rings. The molecule has 0 amide bonds. The highest BCUT2D eigenvalue weighted by Crippen LogP contribution is 2.34. The van der Waals surface area contributed by atoms with Crippen molar-refractivity contribution in [2.75, 3.05) is 0 Å². The molecule has 1 unspecified atom stereocenters. The van der Waals surface area contributed by atoms with Gasteiger partial charge in [0.2, 0.25) is 0 Å². The molecule has 3 heteroatoms. The number of para-hydroxylation sites is 3. The van der Waals surface area contributed by atoms with Crippen molar-refractivity contribution in [2.45, 2.75) is 0 Å². The molecule has 0 radical (unpaired) electrons. The van der Waals surface area contributed by atoms with Crippen LogP contribution in [0.2, 0.25) is 0 Å². The summed E-state index contributed by atoms with van der Waals surface area (Å²) < 4.78 is 0. The topological polar surface area (TPSA) is 45.0 Å². The Morgan fingerprint density at radius 2 is 1.77 bits per heavy atom. The quantitative estimate of drug-likeness (QED) is 0.832. The van der Waals surface area contributed by atoms with Gasteiger partial charge < -0.3 is 5.11 Å². The molecule has 0 spiro atoms. The van der Waals surface area contributed by atoms with Gasteiger partial charge in [-0.2, -0.15) is 0 Å². The summed E-state index contributed by atoms with van der Waals surface area (Å²) in [6, 6.07) is 15.1. The van der Waals surface area contributed by atoms with Gasteiger partial charge in [0.25, 0.3) is 0 Å². The van der Waals surface area contributed by atoms with Crippen molar-refractivity contribution >= 4 is 22.8 Å². The van der Waals surface area contributed by atoms with Crippen LogP contribution in [0.3, 0.4) is 0 Å². The van der Waals surface area contributed by atoms with Gasteiger partial charge in [-0.1, -0.05) is 48.6 Å². The van der Waals surface area contributed by atoms with E-state index in [9.17, 15) is 5.11 Å². The number of nitrogens with zero attached hydrogens (tertiary/aromatic N) is 2. The number of hydrogen-bond acceptors (Lipinski definition) is 3. The van der Waals surface area contributed by atoms with E-state index in [0.29, 0.717) is 5.69 Å². The maximum absolute atomic E-state index is 10.0. The standard InChI is InChI=1S/C19H14N2O/c22-18-12-6-5-11-17(18)21-19-13-7-1-3-9-15(13)20-16-10-4-2-8-14(16)19/h1-13,22H. The lowest BCUT2D eigenvalue weighted by atomic mass is 9.86. The fraction of sp³-hybridized carbons (Fsp3) is 0.0526. The van der Waals surface area contributed by atoms with Crippen LogP contribution in [-0.2, 0) is 0 Å². The number of phenols is 1. The van der Waals surface area contributed by atoms with Crippen LogP contribution in [0.15, 0.2) is 82.8 Å². The van der Waals surface area contributed by atoms with E-state index in [0.717, 1.165) is 22.7 Å². The van der Waals surface area contributed by atoms with Gasteiger partial charge in [0, 0.05) is 5.56 Å². The van der Waals surface area contributed by atoms with Crippen molar-refractivity contribution in [3.63, 3.8) is 0 Å². The average molecular weight is 286 g/mol. The van der Waals surface area contributed by atoms with Crippen molar-refractivity contribution in [2.24, 2.45) is 15.9 Å². The molecule has 0 fully saturated rings. The van der Waals surface area contributed by atoms with Crippen molar-refractivity contribution in [1.82, 2.24) is 0 Å². The number of hydrogen-bond donors (Lipinski definition) is 1. The Morgan fingerprint density at radius 3 is 2.68 bits per heavy atom. The first-order valence-corrected chi connectivity index (χ1v) is 7.22. The van der Waals surface area contributed by atoms with Gasteiger partial charge in [0.1, 0.15) is 11.4 Å². The van der Waals surface area contributed by atoms with Crippen molar-refractivity contribution in [1.29, 1.82) is 0 Å². The number of aromatic hydroxyl groups is 1. The number of aliphatic imine (C=N–C) groups is 2. The van der Waals surface area contributed by atoms with Gasteiger partial charge in [-0.25, -0.2) is 4.99 Å². The fourth-order valence-electron chi connectivity index (χ4n) is 2.78. The number of phenolic OH excluding ortho intramolecular Hbond substituents is 1. The van der Waals surface area contributed by atoms with Gasteiger partial charge in [0.05, 0.1) is 23.0 Å². The monoisotopic (exact) mass is 286 g/mol. The Bertz CT molecular complexity index is 859. The predicted molar refractivity (Wildman–Crippen MR) is 89.6 cm³/mol. The average Bonchev–Trinajstić information content (AvgIpc) is 2.56. The van der Waals surface area contributed by atoms with Gasteiger partial charge in [0.15, 0.2) is 0 Å². The van der Waals surface area contributed by atoms with E-state index in [-0.39, 0.29) is 11.7 Å². The maximum Gasteiger partial charge on any atom is 0.141 e. The largest absolute Gasteiger partial charge is 0.506 e. The van der Waals surface area contributed by atoms with E-state index in [1.54, 1.807) is 12.1 Å². The van der Waals surface area contributed by atoms with E-state index in [4.69, 9.17) is 9.98 Å². The first kappa shape index (κ1) is 12.8. The molecule has 1 atom stereocenters. The summed E-state index contributed by atoms with van der Waals surface area (Å²) in [5.41, 5.74) is 4.41. The second-order valence-electron chi connectivity index (χ2n) is 5.26. The predicted octanol–water partition coefficient (Wildman–Crippen LogP) is 4.34. The molecule has 106 valence electrons. The summed E-state index contributed by atoms with van der Waals surface area (Å²) in [6.07, 6.45) is 8.10. The fourth-order valence-corrected chi connectivity index (χ4v) is 2.78. The van der Waals surface area contributed by atoms with E-state index in [1.165, 1.54) is 0 Å². The summed E-state index contributed by atoms with van der Waals surface area (Å²) in [6.45, 7) is 0. The molecule has 1 aliphatic heterocycles. The highest BCUT2D eigenvalue weighted by molar-refractivity contribution is 6.25. The molecule has 3 nitrogen and oxygen atoms in total. The lowest BCUT2D eigenvalue weighted by Gasteiger charge is -2.24. The molecular formula is C19H14N2O. The summed E-state index contributed by atoms with van der Waals surface area (Å²) in [5.74, 6) is 0.214. The highest BCUT2D eigenvalue weighted by atomic mass is 16.3. The van der Waals surface area contributed by atoms with Crippen LogP contribution < -0.4 is 0 Å². The summed E-state index contributed by atoms with van der Waals surface area (Å²) >= 11 is 0. The number of rotatable bonds is 1. The third-order valence-corrected chi connectivity index (χ3v) is 3.85. The van der Waals surface area contributed by atoms with Crippen LogP contribution in [0.1, 0.15) is 5.56 Å². The Hall–Kier alpha value is -2.94. The minimum atomic E-state index is 0.0273. The summed E-state index contributed by atoms with van der Waals surface area (Å²) in [7, 11) is 0. The van der Waals surface area contributed by atoms with Crippen LogP contribution in [0.4, 0.5) is 11.4 Å². The second kappa shape index (κ2) is 5.11. The second-order valence-corrected chi connectivity index (χ2v) is 5.26. The Kier molecular flexibility index (Phi) is 2.97. The summed E-state index contributed by atoms with van der Waals surface area (Å²) in [4.78, 5) is 9.46. The van der Waals surface area contributed by atoms with E-state index < -0.39 is 0 Å². The zero-order valence-corrected chi connectivity index (χ0v) is 11.8. The molecule has 1 N–H and O–H groups in total. The molecule has 2 aromatic rings. The van der Waals surface area contributed by atoms with Crippen LogP contribution in [0.25, 0.3) is 0 Å². The number of fused-ring (bicyclic) bond motifs is 2. The third-order valence-electron chi connectivity index (χ3n) is 3.85. The van der Waals surface area contributed by atoms with E-state index in [1.807, 2.05) is 54.6 Å². The zero-order valence-electron chi connectivity index (χ0n) is 11.8. The van der Waals surface area contributed by atoms with Gasteiger partial charge in [-0.3, -0.25) is 4.99 Å². The Morgan fingerprint density at radius 1 is 0.955 bits per heavy atom. The van der Waals surface area contributed by atoms with Crippen LogP contribution >= 0.6 is 0 Å². The molecule has 0 saturated carbocycles. The lowest BCUT2D eigenvalue weighted by Crippen LogP contribution is -2.26. The molecule has 0 saturated heterocycles. The van der Waals surface area contributed by atoms with Crippen molar-refractivity contribution < 1.29 is 5.11 Å². The normalized spacial score (nSPS) is 20.5. The van der Waals surface area contributed by atoms with Crippen LogP contribution in [0, 0.1) is 5.92 Å². The molecule has 1 aliphatic carbocycles. The van der Waals surface area contributed by atoms with E-state index >= 15 is 0 Å². The van der Waals surface area contributed by atoms with Crippen LogP contribution in [-0.4, -0.2) is 16.5 Å². The highest BCUT2D eigenvalue weighted by Gasteiger charge is 2.27.